The molecule has 6 heteroatoms. The number of hydrogen-bond donors (Lipinski definition) is 0. The molecule has 2 aromatic rings. The van der Waals surface area contributed by atoms with Crippen molar-refractivity contribution in [2.75, 3.05) is 40.6 Å². The van der Waals surface area contributed by atoms with Gasteiger partial charge in [0.1, 0.15) is 25.4 Å². The highest BCUT2D eigenvalue weighted by Crippen LogP contribution is 2.47. The van der Waals surface area contributed by atoms with Gasteiger partial charge in [-0.25, -0.2) is 0 Å². The fraction of sp³-hybridized carbons (Fsp3) is 0.385. The number of epoxide rings is 2. The second-order valence-corrected chi connectivity index (χ2v) is 7.87. The Kier molecular flexibility index (Phi) is 7.02. The van der Waals surface area contributed by atoms with E-state index in [2.05, 4.69) is 25.3 Å². The van der Waals surface area contributed by atoms with Crippen LogP contribution in [0.15, 0.2) is 49.6 Å². The van der Waals surface area contributed by atoms with Crippen LogP contribution in [0.3, 0.4) is 0 Å². The molecule has 2 atom stereocenters. The van der Waals surface area contributed by atoms with Gasteiger partial charge in [0.05, 0.1) is 27.4 Å². The van der Waals surface area contributed by atoms with Crippen LogP contribution in [0.4, 0.5) is 0 Å². The van der Waals surface area contributed by atoms with Crippen molar-refractivity contribution in [1.29, 1.82) is 0 Å². The number of hydrogen-bond acceptors (Lipinski definition) is 6. The molecule has 2 fully saturated rings. The van der Waals surface area contributed by atoms with Crippen LogP contribution in [0.1, 0.15) is 11.1 Å². The Morgan fingerprint density at radius 2 is 1.19 bits per heavy atom. The maximum atomic E-state index is 6.22. The van der Waals surface area contributed by atoms with Gasteiger partial charge < -0.3 is 28.4 Å². The SMILES string of the molecule is C=CCc1cc(OC)c(OCC2CO2)c(-c2cc(CC=C)cc(OC)c2OCC2CO2)c1. The molecule has 2 unspecified atom stereocenters. The van der Waals surface area contributed by atoms with Gasteiger partial charge in [0.15, 0.2) is 23.0 Å². The predicted molar refractivity (Wildman–Crippen MR) is 123 cm³/mol. The Morgan fingerprint density at radius 1 is 0.781 bits per heavy atom. The smallest absolute Gasteiger partial charge is 0.169 e. The monoisotopic (exact) mass is 438 g/mol. The van der Waals surface area contributed by atoms with E-state index in [-0.39, 0.29) is 12.2 Å². The Balaban J connectivity index is 1.87. The highest BCUT2D eigenvalue weighted by atomic mass is 16.6. The standard InChI is InChI=1S/C26H30O6/c1-5-7-17-9-21(25(23(11-17)27-3)31-15-19-13-29-19)22-10-18(8-6-2)12-24(28-4)26(22)32-16-20-14-30-20/h5-6,9-12,19-20H,1-2,7-8,13-16H2,3-4H3. The van der Waals surface area contributed by atoms with Gasteiger partial charge in [-0.05, 0) is 48.2 Å². The molecule has 0 aromatic heterocycles. The first-order valence-electron chi connectivity index (χ1n) is 10.8. The van der Waals surface area contributed by atoms with Gasteiger partial charge in [0, 0.05) is 11.1 Å². The van der Waals surface area contributed by atoms with E-state index >= 15 is 0 Å². The lowest BCUT2D eigenvalue weighted by Crippen LogP contribution is -2.09. The topological polar surface area (TPSA) is 62.0 Å². The zero-order valence-corrected chi connectivity index (χ0v) is 18.7. The summed E-state index contributed by atoms with van der Waals surface area (Å²) < 4.78 is 34.6. The van der Waals surface area contributed by atoms with Crippen LogP contribution in [0, 0.1) is 0 Å². The maximum absolute atomic E-state index is 6.22. The molecule has 0 radical (unpaired) electrons. The van der Waals surface area contributed by atoms with Crippen LogP contribution in [-0.2, 0) is 22.3 Å². The van der Waals surface area contributed by atoms with E-state index in [0.29, 0.717) is 62.3 Å². The average Bonchev–Trinajstić information content (AvgIpc) is 3.71. The number of methoxy groups -OCH3 is 2. The molecule has 0 N–H and O–H groups in total. The van der Waals surface area contributed by atoms with Crippen LogP contribution >= 0.6 is 0 Å². The lowest BCUT2D eigenvalue weighted by Gasteiger charge is -2.21. The molecule has 0 saturated carbocycles. The normalized spacial score (nSPS) is 18.6. The van der Waals surface area contributed by atoms with E-state index in [1.807, 2.05) is 24.3 Å². The third-order valence-electron chi connectivity index (χ3n) is 5.35. The van der Waals surface area contributed by atoms with Crippen LogP contribution < -0.4 is 18.9 Å². The van der Waals surface area contributed by atoms with Crippen molar-refractivity contribution < 1.29 is 28.4 Å². The Bertz CT molecular complexity index is 895. The number of rotatable bonds is 13. The molecule has 0 amide bonds. The third-order valence-corrected chi connectivity index (χ3v) is 5.35. The minimum atomic E-state index is 0.116. The zero-order chi connectivity index (χ0) is 22.5. The van der Waals surface area contributed by atoms with Crippen molar-refractivity contribution in [3.05, 3.63) is 60.7 Å². The van der Waals surface area contributed by atoms with Crippen molar-refractivity contribution in [2.45, 2.75) is 25.0 Å². The van der Waals surface area contributed by atoms with Gasteiger partial charge in [0.25, 0.3) is 0 Å². The van der Waals surface area contributed by atoms with E-state index in [1.165, 1.54) is 0 Å². The van der Waals surface area contributed by atoms with Crippen LogP contribution in [0.5, 0.6) is 23.0 Å². The number of benzene rings is 2. The largest absolute Gasteiger partial charge is 0.493 e. The Labute approximate surface area is 189 Å². The fourth-order valence-corrected chi connectivity index (χ4v) is 3.57. The summed E-state index contributed by atoms with van der Waals surface area (Å²) in [4.78, 5) is 0. The minimum absolute atomic E-state index is 0.116. The highest BCUT2D eigenvalue weighted by Gasteiger charge is 2.28. The maximum Gasteiger partial charge on any atom is 0.169 e. The second-order valence-electron chi connectivity index (χ2n) is 7.87. The van der Waals surface area contributed by atoms with Gasteiger partial charge in [-0.2, -0.15) is 0 Å². The van der Waals surface area contributed by atoms with E-state index < -0.39 is 0 Å². The van der Waals surface area contributed by atoms with Gasteiger partial charge >= 0.3 is 0 Å². The van der Waals surface area contributed by atoms with Crippen LogP contribution in [-0.4, -0.2) is 52.9 Å². The summed E-state index contributed by atoms with van der Waals surface area (Å²) in [7, 11) is 3.29. The third kappa shape index (κ3) is 5.26. The Morgan fingerprint density at radius 3 is 1.50 bits per heavy atom. The first kappa shape index (κ1) is 22.2. The number of allylic oxidation sites excluding steroid dienone is 2. The van der Waals surface area contributed by atoms with Gasteiger partial charge in [0.2, 0.25) is 0 Å². The van der Waals surface area contributed by atoms with Crippen LogP contribution in [0.25, 0.3) is 11.1 Å². The van der Waals surface area contributed by atoms with Crippen LogP contribution in [0.2, 0.25) is 0 Å². The van der Waals surface area contributed by atoms with E-state index in [0.717, 1.165) is 22.3 Å². The molecule has 2 saturated heterocycles. The molecule has 6 nitrogen and oxygen atoms in total. The molecule has 2 aliphatic rings. The number of ether oxygens (including phenoxy) is 6. The molecular formula is C26H30O6. The van der Waals surface area contributed by atoms with Crippen molar-refractivity contribution in [3.8, 4) is 34.1 Å². The minimum Gasteiger partial charge on any atom is -0.493 e. The molecule has 2 aromatic carbocycles. The summed E-state index contributed by atoms with van der Waals surface area (Å²) in [6.45, 7) is 10.1. The summed E-state index contributed by atoms with van der Waals surface area (Å²) in [5.74, 6) is 2.62. The molecule has 170 valence electrons. The summed E-state index contributed by atoms with van der Waals surface area (Å²) in [6, 6.07) is 8.16. The molecule has 4 rings (SSSR count). The molecular weight excluding hydrogens is 408 g/mol. The lowest BCUT2D eigenvalue weighted by molar-refractivity contribution is 0.249. The summed E-state index contributed by atoms with van der Waals surface area (Å²) in [5, 5.41) is 0. The molecule has 0 spiro atoms. The molecule has 0 bridgehead atoms. The zero-order valence-electron chi connectivity index (χ0n) is 18.7. The predicted octanol–water partition coefficient (Wildman–Crippen LogP) is 4.38. The summed E-state index contributed by atoms with van der Waals surface area (Å²) in [5.41, 5.74) is 3.87. The lowest BCUT2D eigenvalue weighted by atomic mass is 9.96. The molecule has 2 aliphatic heterocycles. The van der Waals surface area contributed by atoms with E-state index in [9.17, 15) is 0 Å². The quantitative estimate of drug-likeness (QED) is 0.342. The first-order chi connectivity index (χ1) is 15.7. The first-order valence-corrected chi connectivity index (χ1v) is 10.8. The molecule has 32 heavy (non-hydrogen) atoms. The highest BCUT2D eigenvalue weighted by molar-refractivity contribution is 5.82. The van der Waals surface area contributed by atoms with Crippen molar-refractivity contribution in [1.82, 2.24) is 0 Å². The van der Waals surface area contributed by atoms with Crippen molar-refractivity contribution in [2.24, 2.45) is 0 Å². The molecule has 2 heterocycles. The average molecular weight is 439 g/mol. The fourth-order valence-electron chi connectivity index (χ4n) is 3.57. The Hall–Kier alpha value is -2.96. The van der Waals surface area contributed by atoms with E-state index in [1.54, 1.807) is 14.2 Å². The second kappa shape index (κ2) is 10.1. The van der Waals surface area contributed by atoms with Crippen molar-refractivity contribution in [3.63, 3.8) is 0 Å². The van der Waals surface area contributed by atoms with Crippen molar-refractivity contribution >= 4 is 0 Å². The van der Waals surface area contributed by atoms with Gasteiger partial charge in [-0.1, -0.05) is 12.2 Å². The summed E-state index contributed by atoms with van der Waals surface area (Å²) >= 11 is 0. The molecule has 0 aliphatic carbocycles. The van der Waals surface area contributed by atoms with Gasteiger partial charge in [-0.3, -0.25) is 0 Å². The summed E-state index contributed by atoms with van der Waals surface area (Å²) in [6.07, 6.45) is 5.37. The van der Waals surface area contributed by atoms with E-state index in [4.69, 9.17) is 28.4 Å². The van der Waals surface area contributed by atoms with Gasteiger partial charge in [-0.15, -0.1) is 13.2 Å².